The molecule has 1 atom stereocenters. The maximum atomic E-state index is 12.7. The number of halogens is 1. The third-order valence-corrected chi connectivity index (χ3v) is 5.33. The SMILES string of the molecule is CCNC(=NCCn1ccnc1)NC1CCN(C(=O)C2CCCCC2)C1.I. The molecule has 2 fully saturated rings. The fraction of sp³-hybridized carbons (Fsp3) is 0.737. The van der Waals surface area contributed by atoms with Crippen LogP contribution in [0.1, 0.15) is 45.4 Å². The number of hydrogen-bond donors (Lipinski definition) is 2. The van der Waals surface area contributed by atoms with Crippen LogP contribution in [0.15, 0.2) is 23.7 Å². The Morgan fingerprint density at radius 2 is 2.07 bits per heavy atom. The smallest absolute Gasteiger partial charge is 0.225 e. The second-order valence-electron chi connectivity index (χ2n) is 7.31. The number of nitrogens with zero attached hydrogens (tertiary/aromatic N) is 4. The average molecular weight is 488 g/mol. The quantitative estimate of drug-likeness (QED) is 0.366. The number of aliphatic imine (C=N–C) groups is 1. The molecule has 152 valence electrons. The summed E-state index contributed by atoms with van der Waals surface area (Å²) in [7, 11) is 0. The summed E-state index contributed by atoms with van der Waals surface area (Å²) in [5, 5.41) is 6.81. The number of carbonyl (C=O) groups is 1. The van der Waals surface area contributed by atoms with E-state index in [1.54, 1.807) is 6.20 Å². The van der Waals surface area contributed by atoms with E-state index in [4.69, 9.17) is 0 Å². The second-order valence-corrected chi connectivity index (χ2v) is 7.31. The number of amides is 1. The van der Waals surface area contributed by atoms with E-state index in [2.05, 4.69) is 32.4 Å². The first-order valence-electron chi connectivity index (χ1n) is 10.1. The number of nitrogens with one attached hydrogen (secondary N) is 2. The third kappa shape index (κ3) is 6.65. The van der Waals surface area contributed by atoms with Crippen molar-refractivity contribution >= 4 is 35.8 Å². The van der Waals surface area contributed by atoms with Crippen LogP contribution in [0.5, 0.6) is 0 Å². The zero-order valence-corrected chi connectivity index (χ0v) is 18.6. The van der Waals surface area contributed by atoms with Crippen LogP contribution >= 0.6 is 24.0 Å². The molecule has 1 saturated carbocycles. The summed E-state index contributed by atoms with van der Waals surface area (Å²) in [4.78, 5) is 23.5. The third-order valence-electron chi connectivity index (χ3n) is 5.33. The highest BCUT2D eigenvalue weighted by Crippen LogP contribution is 2.26. The minimum Gasteiger partial charge on any atom is -0.357 e. The molecule has 1 aromatic rings. The van der Waals surface area contributed by atoms with Crippen LogP contribution in [0.4, 0.5) is 0 Å². The fourth-order valence-electron chi connectivity index (χ4n) is 3.90. The summed E-state index contributed by atoms with van der Waals surface area (Å²) < 4.78 is 2.02. The molecule has 2 aliphatic rings. The summed E-state index contributed by atoms with van der Waals surface area (Å²) in [6, 6.07) is 0.286. The lowest BCUT2D eigenvalue weighted by Gasteiger charge is -2.26. The molecule has 0 aromatic carbocycles. The molecule has 0 radical (unpaired) electrons. The van der Waals surface area contributed by atoms with Gasteiger partial charge in [-0.2, -0.15) is 0 Å². The van der Waals surface area contributed by atoms with E-state index in [0.29, 0.717) is 12.5 Å². The molecule has 2 N–H and O–H groups in total. The topological polar surface area (TPSA) is 74.6 Å². The lowest BCUT2D eigenvalue weighted by Crippen LogP contribution is -2.45. The Morgan fingerprint density at radius 3 is 2.78 bits per heavy atom. The first-order chi connectivity index (χ1) is 12.8. The van der Waals surface area contributed by atoms with Gasteiger partial charge in [-0.25, -0.2) is 4.98 Å². The first-order valence-corrected chi connectivity index (χ1v) is 10.1. The molecular weight excluding hydrogens is 455 g/mol. The summed E-state index contributed by atoms with van der Waals surface area (Å²) in [6.45, 7) is 6.06. The molecule has 1 unspecified atom stereocenters. The van der Waals surface area contributed by atoms with Gasteiger partial charge in [-0.1, -0.05) is 19.3 Å². The molecule has 2 heterocycles. The number of rotatable bonds is 6. The van der Waals surface area contributed by atoms with Crippen molar-refractivity contribution in [3.8, 4) is 0 Å². The molecule has 0 bridgehead atoms. The number of carbonyl (C=O) groups excluding carboxylic acids is 1. The highest BCUT2D eigenvalue weighted by molar-refractivity contribution is 14.0. The van der Waals surface area contributed by atoms with Crippen LogP contribution in [0, 0.1) is 5.92 Å². The van der Waals surface area contributed by atoms with E-state index in [9.17, 15) is 4.79 Å². The van der Waals surface area contributed by atoms with Crippen LogP contribution in [0.2, 0.25) is 0 Å². The summed E-state index contributed by atoms with van der Waals surface area (Å²) in [5.41, 5.74) is 0. The normalized spacial score (nSPS) is 21.0. The molecule has 1 amide bonds. The maximum Gasteiger partial charge on any atom is 0.225 e. The highest BCUT2D eigenvalue weighted by Gasteiger charge is 2.31. The lowest BCUT2D eigenvalue weighted by atomic mass is 9.88. The van der Waals surface area contributed by atoms with Gasteiger partial charge in [-0.3, -0.25) is 9.79 Å². The van der Waals surface area contributed by atoms with Gasteiger partial charge in [0.1, 0.15) is 0 Å². The minimum absolute atomic E-state index is 0. The van der Waals surface area contributed by atoms with Crippen molar-refractivity contribution in [2.75, 3.05) is 26.2 Å². The molecule has 1 aliphatic carbocycles. The minimum atomic E-state index is 0. The van der Waals surface area contributed by atoms with Gasteiger partial charge in [0.2, 0.25) is 5.91 Å². The molecule has 27 heavy (non-hydrogen) atoms. The van der Waals surface area contributed by atoms with Crippen molar-refractivity contribution in [3.05, 3.63) is 18.7 Å². The van der Waals surface area contributed by atoms with Crippen molar-refractivity contribution in [2.24, 2.45) is 10.9 Å². The summed E-state index contributed by atoms with van der Waals surface area (Å²) >= 11 is 0. The van der Waals surface area contributed by atoms with Gasteiger partial charge in [0, 0.05) is 50.5 Å². The molecule has 0 spiro atoms. The lowest BCUT2D eigenvalue weighted by molar-refractivity contribution is -0.135. The Labute approximate surface area is 179 Å². The van der Waals surface area contributed by atoms with E-state index < -0.39 is 0 Å². The Bertz CT molecular complexity index is 585. The molecule has 1 aromatic heterocycles. The standard InChI is InChI=1S/C19H32N6O.HI/c1-2-21-19(22-10-13-24-12-9-20-15-24)23-17-8-11-25(14-17)18(26)16-6-4-3-5-7-16;/h9,12,15-17H,2-8,10-11,13-14H2,1H3,(H2,21,22,23);1H. The zero-order valence-electron chi connectivity index (χ0n) is 16.3. The number of imidazole rings is 1. The van der Waals surface area contributed by atoms with Gasteiger partial charge in [-0.05, 0) is 26.2 Å². The van der Waals surface area contributed by atoms with E-state index in [1.807, 2.05) is 17.1 Å². The average Bonchev–Trinajstić information content (AvgIpc) is 3.34. The maximum absolute atomic E-state index is 12.7. The predicted molar refractivity (Wildman–Crippen MR) is 118 cm³/mol. The molecule has 1 saturated heterocycles. The number of guanidine groups is 1. The van der Waals surface area contributed by atoms with Gasteiger partial charge < -0.3 is 20.1 Å². The first kappa shape index (κ1) is 22.0. The van der Waals surface area contributed by atoms with Gasteiger partial charge in [0.15, 0.2) is 5.96 Å². The van der Waals surface area contributed by atoms with Crippen molar-refractivity contribution in [1.29, 1.82) is 0 Å². The van der Waals surface area contributed by atoms with Gasteiger partial charge in [0.25, 0.3) is 0 Å². The second kappa shape index (κ2) is 11.5. The van der Waals surface area contributed by atoms with Crippen LogP contribution in [0.3, 0.4) is 0 Å². The van der Waals surface area contributed by atoms with Gasteiger partial charge in [-0.15, -0.1) is 24.0 Å². The van der Waals surface area contributed by atoms with Crippen molar-refractivity contribution in [2.45, 2.75) is 58.0 Å². The van der Waals surface area contributed by atoms with Crippen LogP contribution < -0.4 is 10.6 Å². The number of hydrogen-bond acceptors (Lipinski definition) is 3. The van der Waals surface area contributed by atoms with Gasteiger partial charge in [0.05, 0.1) is 12.9 Å². The Morgan fingerprint density at radius 1 is 1.26 bits per heavy atom. The van der Waals surface area contributed by atoms with Crippen molar-refractivity contribution in [1.82, 2.24) is 25.1 Å². The monoisotopic (exact) mass is 488 g/mol. The van der Waals surface area contributed by atoms with E-state index in [1.165, 1.54) is 19.3 Å². The van der Waals surface area contributed by atoms with Crippen LogP contribution in [-0.2, 0) is 11.3 Å². The molecule has 3 rings (SSSR count). The number of aromatic nitrogens is 2. The Hall–Kier alpha value is -1.32. The fourth-order valence-corrected chi connectivity index (χ4v) is 3.90. The van der Waals surface area contributed by atoms with E-state index in [-0.39, 0.29) is 35.9 Å². The molecule has 7 nitrogen and oxygen atoms in total. The van der Waals surface area contributed by atoms with Gasteiger partial charge >= 0.3 is 0 Å². The summed E-state index contributed by atoms with van der Waals surface area (Å²) in [6.07, 6.45) is 12.4. The van der Waals surface area contributed by atoms with Crippen molar-refractivity contribution < 1.29 is 4.79 Å². The van der Waals surface area contributed by atoms with E-state index >= 15 is 0 Å². The van der Waals surface area contributed by atoms with Crippen LogP contribution in [-0.4, -0.2) is 58.5 Å². The van der Waals surface area contributed by atoms with E-state index in [0.717, 1.165) is 51.4 Å². The Kier molecular flexibility index (Phi) is 9.36. The zero-order chi connectivity index (χ0) is 18.2. The number of likely N-dealkylation sites (tertiary alicyclic amines) is 1. The molecule has 8 heteroatoms. The predicted octanol–water partition coefficient (Wildman–Crippen LogP) is 2.24. The highest BCUT2D eigenvalue weighted by atomic mass is 127. The largest absolute Gasteiger partial charge is 0.357 e. The molecule has 1 aliphatic heterocycles. The molecular formula is C19H33IN6O. The summed E-state index contributed by atoms with van der Waals surface area (Å²) in [5.74, 6) is 1.47. The van der Waals surface area contributed by atoms with Crippen molar-refractivity contribution in [3.63, 3.8) is 0 Å². The van der Waals surface area contributed by atoms with Crippen LogP contribution in [0.25, 0.3) is 0 Å². The Balaban J connectivity index is 0.00000261.